The Kier molecular flexibility index (Phi) is 7.03. The van der Waals surface area contributed by atoms with Gasteiger partial charge in [0.25, 0.3) is 0 Å². The number of rotatable bonds is 6. The maximum absolute atomic E-state index is 5.36. The molecule has 7 aromatic carbocycles. The Bertz CT molecular complexity index is 2540. The second-order valence-electron chi connectivity index (χ2n) is 12.0. The quantitative estimate of drug-likeness (QED) is 0.182. The molecule has 3 heteroatoms. The summed E-state index contributed by atoms with van der Waals surface area (Å²) in [6.07, 6.45) is 0. The predicted molar refractivity (Wildman–Crippen MR) is 206 cm³/mol. The molecule has 0 N–H and O–H groups in total. The Morgan fingerprint density at radius 3 is 1.65 bits per heavy atom. The molecule has 2 aromatic heterocycles. The average Bonchev–Trinajstić information content (AvgIpc) is 3.52. The van der Waals surface area contributed by atoms with Gasteiger partial charge in [0, 0.05) is 26.8 Å². The minimum Gasteiger partial charge on any atom is -0.295 e. The fourth-order valence-electron chi connectivity index (χ4n) is 6.70. The van der Waals surface area contributed by atoms with E-state index in [1.165, 1.54) is 59.6 Å². The second-order valence-corrected chi connectivity index (χ2v) is 13.1. The summed E-state index contributed by atoms with van der Waals surface area (Å²) < 4.78 is 1.26. The van der Waals surface area contributed by atoms with Crippen molar-refractivity contribution in [1.82, 2.24) is 4.98 Å². The smallest absolute Gasteiger partial charge is 0.139 e. The molecule has 0 bridgehead atoms. The zero-order valence-electron chi connectivity index (χ0n) is 26.1. The van der Waals surface area contributed by atoms with Gasteiger partial charge in [-0.15, -0.1) is 11.3 Å². The summed E-state index contributed by atoms with van der Waals surface area (Å²) in [5.41, 5.74) is 9.25. The van der Waals surface area contributed by atoms with Crippen LogP contribution < -0.4 is 4.90 Å². The maximum atomic E-state index is 5.36. The number of thiophene rings is 1. The van der Waals surface area contributed by atoms with Crippen molar-refractivity contribution in [3.8, 4) is 33.4 Å². The van der Waals surface area contributed by atoms with Crippen LogP contribution >= 0.6 is 11.3 Å². The van der Waals surface area contributed by atoms with Crippen LogP contribution in [0.15, 0.2) is 182 Å². The topological polar surface area (TPSA) is 16.1 Å². The largest absolute Gasteiger partial charge is 0.295 e. The van der Waals surface area contributed by atoms with Crippen molar-refractivity contribution in [2.24, 2.45) is 0 Å². The van der Waals surface area contributed by atoms with Gasteiger partial charge in [0.2, 0.25) is 0 Å². The number of benzene rings is 7. The van der Waals surface area contributed by atoms with E-state index in [-0.39, 0.29) is 0 Å². The number of pyridine rings is 1. The summed E-state index contributed by atoms with van der Waals surface area (Å²) in [5.74, 6) is 0.887. The van der Waals surface area contributed by atoms with Crippen molar-refractivity contribution in [2.75, 3.05) is 4.90 Å². The highest BCUT2D eigenvalue weighted by Gasteiger charge is 2.19. The SMILES string of the molecule is c1ccc(-c2ccc(N(c3ccc(-c4ccccc4)c(-c4ccccc4)c3)c3ccc4c(n3)sc3cc5ccccc5cc34)cc2)cc1. The van der Waals surface area contributed by atoms with Gasteiger partial charge < -0.3 is 0 Å². The maximum Gasteiger partial charge on any atom is 0.139 e. The average molecular weight is 631 g/mol. The molecule has 0 unspecified atom stereocenters. The molecule has 2 heterocycles. The molecule has 0 saturated carbocycles. The van der Waals surface area contributed by atoms with Crippen LogP contribution in [0.4, 0.5) is 17.2 Å². The third-order valence-electron chi connectivity index (χ3n) is 9.08. The number of hydrogen-bond donors (Lipinski definition) is 0. The molecule has 9 rings (SSSR count). The molecular weight excluding hydrogens is 601 g/mol. The molecule has 48 heavy (non-hydrogen) atoms. The van der Waals surface area contributed by atoms with Crippen LogP contribution in [0.2, 0.25) is 0 Å². The van der Waals surface area contributed by atoms with Crippen LogP contribution in [-0.4, -0.2) is 4.98 Å². The van der Waals surface area contributed by atoms with Gasteiger partial charge in [-0.1, -0.05) is 133 Å². The number of nitrogens with zero attached hydrogens (tertiary/aromatic N) is 2. The fourth-order valence-corrected chi connectivity index (χ4v) is 7.80. The van der Waals surface area contributed by atoms with Crippen LogP contribution in [0.25, 0.3) is 64.5 Å². The molecule has 0 amide bonds. The molecule has 0 radical (unpaired) electrons. The monoisotopic (exact) mass is 630 g/mol. The highest BCUT2D eigenvalue weighted by molar-refractivity contribution is 7.25. The Morgan fingerprint density at radius 2 is 0.958 bits per heavy atom. The molecule has 0 fully saturated rings. The molecule has 226 valence electrons. The van der Waals surface area contributed by atoms with Gasteiger partial charge in [0.1, 0.15) is 10.6 Å². The number of hydrogen-bond acceptors (Lipinski definition) is 3. The Labute approximate surface area is 283 Å². The lowest BCUT2D eigenvalue weighted by molar-refractivity contribution is 1.21. The van der Waals surface area contributed by atoms with Crippen molar-refractivity contribution in [3.63, 3.8) is 0 Å². The number of aromatic nitrogens is 1. The number of anilines is 3. The van der Waals surface area contributed by atoms with E-state index >= 15 is 0 Å². The number of fused-ring (bicyclic) bond motifs is 4. The van der Waals surface area contributed by atoms with E-state index in [4.69, 9.17) is 4.98 Å². The van der Waals surface area contributed by atoms with Crippen LogP contribution in [0.1, 0.15) is 0 Å². The van der Waals surface area contributed by atoms with Crippen molar-refractivity contribution in [2.45, 2.75) is 0 Å². The molecule has 9 aromatic rings. The Morgan fingerprint density at radius 1 is 0.396 bits per heavy atom. The summed E-state index contributed by atoms with van der Waals surface area (Å²) in [6.45, 7) is 0. The van der Waals surface area contributed by atoms with E-state index in [0.717, 1.165) is 22.0 Å². The summed E-state index contributed by atoms with van der Waals surface area (Å²) in [7, 11) is 0. The fraction of sp³-hybridized carbons (Fsp3) is 0. The molecule has 0 spiro atoms. The van der Waals surface area contributed by atoms with E-state index in [2.05, 4.69) is 187 Å². The Balaban J connectivity index is 1.23. The van der Waals surface area contributed by atoms with Gasteiger partial charge in [-0.05, 0) is 92.7 Å². The van der Waals surface area contributed by atoms with Crippen LogP contribution in [-0.2, 0) is 0 Å². The minimum atomic E-state index is 0.887. The van der Waals surface area contributed by atoms with Crippen LogP contribution in [0.3, 0.4) is 0 Å². The lowest BCUT2D eigenvalue weighted by atomic mass is 9.93. The Hall–Kier alpha value is -6.03. The highest BCUT2D eigenvalue weighted by Crippen LogP contribution is 2.42. The van der Waals surface area contributed by atoms with Gasteiger partial charge in [-0.3, -0.25) is 4.90 Å². The summed E-state index contributed by atoms with van der Waals surface area (Å²) >= 11 is 1.76. The standard InChI is InChI=1S/C45H30N2S/c1-4-12-31(13-5-1)32-20-22-37(23-21-32)47(38-24-25-39(33-14-6-2-7-15-33)41(30-38)34-16-8-3-9-17-34)44-27-26-40-42-28-35-18-10-11-19-36(35)29-43(42)48-45(40)46-44/h1-30H. The van der Waals surface area contributed by atoms with Gasteiger partial charge in [-0.2, -0.15) is 0 Å². The first-order valence-electron chi connectivity index (χ1n) is 16.2. The predicted octanol–water partition coefficient (Wildman–Crippen LogP) is 13.1. The first-order valence-corrected chi connectivity index (χ1v) is 17.0. The molecule has 0 aliphatic carbocycles. The zero-order valence-corrected chi connectivity index (χ0v) is 26.9. The van der Waals surface area contributed by atoms with Gasteiger partial charge in [0.15, 0.2) is 0 Å². The van der Waals surface area contributed by atoms with Gasteiger partial charge >= 0.3 is 0 Å². The van der Waals surface area contributed by atoms with Crippen molar-refractivity contribution in [1.29, 1.82) is 0 Å². The van der Waals surface area contributed by atoms with Gasteiger partial charge in [0.05, 0.1) is 0 Å². The molecule has 0 atom stereocenters. The molecule has 0 aliphatic heterocycles. The van der Waals surface area contributed by atoms with E-state index in [1.807, 2.05) is 0 Å². The highest BCUT2D eigenvalue weighted by atomic mass is 32.1. The van der Waals surface area contributed by atoms with E-state index in [1.54, 1.807) is 11.3 Å². The van der Waals surface area contributed by atoms with E-state index < -0.39 is 0 Å². The van der Waals surface area contributed by atoms with E-state index in [9.17, 15) is 0 Å². The van der Waals surface area contributed by atoms with Gasteiger partial charge in [-0.25, -0.2) is 4.98 Å². The molecular formula is C45H30N2S. The van der Waals surface area contributed by atoms with Crippen LogP contribution in [0.5, 0.6) is 0 Å². The van der Waals surface area contributed by atoms with Crippen molar-refractivity contribution in [3.05, 3.63) is 182 Å². The zero-order chi connectivity index (χ0) is 31.9. The lowest BCUT2D eigenvalue weighted by Gasteiger charge is -2.26. The van der Waals surface area contributed by atoms with Crippen molar-refractivity contribution < 1.29 is 0 Å². The van der Waals surface area contributed by atoms with Crippen LogP contribution in [0, 0.1) is 0 Å². The van der Waals surface area contributed by atoms with Crippen molar-refractivity contribution >= 4 is 59.6 Å². The lowest BCUT2D eigenvalue weighted by Crippen LogP contribution is -2.11. The molecule has 2 nitrogen and oxygen atoms in total. The first-order chi connectivity index (χ1) is 23.8. The third-order valence-corrected chi connectivity index (χ3v) is 10.1. The first kappa shape index (κ1) is 28.2. The molecule has 0 aliphatic rings. The minimum absolute atomic E-state index is 0.887. The summed E-state index contributed by atoms with van der Waals surface area (Å²) in [6, 6.07) is 65.1. The van der Waals surface area contributed by atoms with E-state index in [0.29, 0.717) is 0 Å². The summed E-state index contributed by atoms with van der Waals surface area (Å²) in [4.78, 5) is 8.69. The third kappa shape index (κ3) is 5.11. The normalized spacial score (nSPS) is 11.3. The molecule has 0 saturated heterocycles. The second kappa shape index (κ2) is 12.0. The summed E-state index contributed by atoms with van der Waals surface area (Å²) in [5, 5.41) is 4.95.